The van der Waals surface area contributed by atoms with E-state index in [4.69, 9.17) is 4.74 Å². The second-order valence-electron chi connectivity index (χ2n) is 5.08. The van der Waals surface area contributed by atoms with Gasteiger partial charge in [-0.1, -0.05) is 18.2 Å². The first-order valence-electron chi connectivity index (χ1n) is 6.92. The molecule has 7 heteroatoms. The highest BCUT2D eigenvalue weighted by Gasteiger charge is 2.22. The molecule has 1 atom stereocenters. The molecule has 1 fully saturated rings. The highest BCUT2D eigenvalue weighted by Crippen LogP contribution is 2.22. The predicted molar refractivity (Wildman–Crippen MR) is 76.8 cm³/mol. The van der Waals surface area contributed by atoms with Crippen molar-refractivity contribution in [2.24, 2.45) is 0 Å². The van der Waals surface area contributed by atoms with Gasteiger partial charge in [0.2, 0.25) is 0 Å². The van der Waals surface area contributed by atoms with Crippen LogP contribution < -0.4 is 0 Å². The summed E-state index contributed by atoms with van der Waals surface area (Å²) in [5.74, 6) is 1.57. The Morgan fingerprint density at radius 1 is 1.29 bits per heavy atom. The number of rotatable bonds is 5. The van der Waals surface area contributed by atoms with Crippen LogP contribution in [0.4, 0.5) is 0 Å². The molecule has 0 spiro atoms. The van der Waals surface area contributed by atoms with Crippen LogP contribution in [0.2, 0.25) is 0 Å². The second kappa shape index (κ2) is 5.95. The first-order valence-corrected chi connectivity index (χ1v) is 8.57. The molecular weight excluding hydrogens is 290 g/mol. The van der Waals surface area contributed by atoms with E-state index in [1.807, 2.05) is 0 Å². The Bertz CT molecular complexity index is 691. The molecule has 112 valence electrons. The van der Waals surface area contributed by atoms with Crippen LogP contribution in [-0.4, -0.2) is 42.6 Å². The molecule has 1 saturated heterocycles. The van der Waals surface area contributed by atoms with Crippen molar-refractivity contribution in [3.05, 3.63) is 42.0 Å². The minimum atomic E-state index is -3.28. The Morgan fingerprint density at radius 3 is 2.81 bits per heavy atom. The van der Waals surface area contributed by atoms with Gasteiger partial charge in [-0.15, -0.1) is 0 Å². The van der Waals surface area contributed by atoms with E-state index in [-0.39, 0.29) is 11.7 Å². The largest absolute Gasteiger partial charge is 0.381 e. The summed E-state index contributed by atoms with van der Waals surface area (Å²) >= 11 is 0. The summed E-state index contributed by atoms with van der Waals surface area (Å²) in [6.07, 6.45) is 1.25. The van der Waals surface area contributed by atoms with Gasteiger partial charge in [-0.05, 0) is 18.6 Å². The minimum absolute atomic E-state index is 0.0206. The molecule has 1 aromatic heterocycles. The average molecular weight is 307 g/mol. The Labute approximate surface area is 123 Å². The van der Waals surface area contributed by atoms with Crippen molar-refractivity contribution in [1.29, 1.82) is 0 Å². The van der Waals surface area contributed by atoms with E-state index < -0.39 is 9.84 Å². The lowest BCUT2D eigenvalue weighted by Gasteiger charge is -2.02. The van der Waals surface area contributed by atoms with Crippen molar-refractivity contribution in [3.8, 4) is 0 Å². The summed E-state index contributed by atoms with van der Waals surface area (Å²) in [4.78, 5) is 4.72. The van der Waals surface area contributed by atoms with Gasteiger partial charge in [-0.25, -0.2) is 13.4 Å². The van der Waals surface area contributed by atoms with Gasteiger partial charge in [0.15, 0.2) is 15.7 Å². The zero-order valence-electron chi connectivity index (χ0n) is 11.5. The highest BCUT2D eigenvalue weighted by molar-refractivity contribution is 7.91. The van der Waals surface area contributed by atoms with Crippen LogP contribution in [-0.2, 0) is 21.0 Å². The number of sulfone groups is 1. The van der Waals surface area contributed by atoms with Crippen LogP contribution in [0.1, 0.15) is 24.0 Å². The van der Waals surface area contributed by atoms with Crippen LogP contribution in [0.3, 0.4) is 0 Å². The van der Waals surface area contributed by atoms with E-state index in [9.17, 15) is 8.42 Å². The summed E-state index contributed by atoms with van der Waals surface area (Å²) < 4.78 is 29.7. The smallest absolute Gasteiger partial charge is 0.178 e. The van der Waals surface area contributed by atoms with Gasteiger partial charge in [0, 0.05) is 18.9 Å². The lowest BCUT2D eigenvalue weighted by atomic mass is 10.1. The van der Waals surface area contributed by atoms with Crippen molar-refractivity contribution in [2.45, 2.75) is 23.7 Å². The van der Waals surface area contributed by atoms with Crippen molar-refractivity contribution < 1.29 is 13.2 Å². The standard InChI is InChI=1S/C14H17N3O3S/c18-21(19,12-4-2-1-3-5-12)9-7-13-15-14(17-16-13)11-6-8-20-10-11/h1-5,11H,6-10H2,(H,15,16,17)/t11-/m1/s1. The average Bonchev–Trinajstić information content (AvgIpc) is 3.17. The lowest BCUT2D eigenvalue weighted by Crippen LogP contribution is -2.10. The zero-order valence-corrected chi connectivity index (χ0v) is 12.3. The van der Waals surface area contributed by atoms with E-state index in [0.717, 1.165) is 18.9 Å². The first-order chi connectivity index (χ1) is 10.1. The molecule has 1 aliphatic rings. The minimum Gasteiger partial charge on any atom is -0.381 e. The van der Waals surface area contributed by atoms with Crippen LogP contribution in [0, 0.1) is 0 Å². The highest BCUT2D eigenvalue weighted by atomic mass is 32.2. The molecule has 2 aromatic rings. The first kappa shape index (κ1) is 14.2. The molecule has 0 aliphatic carbocycles. The predicted octanol–water partition coefficient (Wildman–Crippen LogP) is 1.32. The molecule has 0 bridgehead atoms. The molecule has 3 rings (SSSR count). The molecule has 0 unspecified atom stereocenters. The van der Waals surface area contributed by atoms with Crippen molar-refractivity contribution in [3.63, 3.8) is 0 Å². The molecule has 1 N–H and O–H groups in total. The van der Waals surface area contributed by atoms with Gasteiger partial charge in [0.05, 0.1) is 17.3 Å². The third-order valence-corrected chi connectivity index (χ3v) is 5.29. The number of aromatic nitrogens is 3. The van der Waals surface area contributed by atoms with Crippen molar-refractivity contribution in [2.75, 3.05) is 19.0 Å². The fourth-order valence-corrected chi connectivity index (χ4v) is 3.59. The Hall–Kier alpha value is -1.73. The second-order valence-corrected chi connectivity index (χ2v) is 7.19. The zero-order chi connectivity index (χ0) is 14.7. The number of aryl methyl sites for hydroxylation is 1. The van der Waals surface area contributed by atoms with E-state index in [1.165, 1.54) is 0 Å². The quantitative estimate of drug-likeness (QED) is 0.900. The molecule has 6 nitrogen and oxygen atoms in total. The third-order valence-electron chi connectivity index (χ3n) is 3.55. The maximum absolute atomic E-state index is 12.2. The maximum Gasteiger partial charge on any atom is 0.178 e. The SMILES string of the molecule is O=S(=O)(CCc1nc([C@@H]2CCOC2)n[nH]1)c1ccccc1. The number of aromatic amines is 1. The van der Waals surface area contributed by atoms with Gasteiger partial charge in [-0.2, -0.15) is 5.10 Å². The number of hydrogen-bond acceptors (Lipinski definition) is 5. The maximum atomic E-state index is 12.2. The van der Waals surface area contributed by atoms with Crippen LogP contribution in [0.5, 0.6) is 0 Å². The Morgan fingerprint density at radius 2 is 2.10 bits per heavy atom. The van der Waals surface area contributed by atoms with Crippen LogP contribution >= 0.6 is 0 Å². The van der Waals surface area contributed by atoms with Crippen LogP contribution in [0.15, 0.2) is 35.2 Å². The van der Waals surface area contributed by atoms with E-state index in [0.29, 0.717) is 23.7 Å². The van der Waals surface area contributed by atoms with Crippen molar-refractivity contribution in [1.82, 2.24) is 15.2 Å². The Balaban J connectivity index is 1.65. The molecule has 0 saturated carbocycles. The van der Waals surface area contributed by atoms with E-state index in [2.05, 4.69) is 15.2 Å². The summed E-state index contributed by atoms with van der Waals surface area (Å²) in [6, 6.07) is 8.46. The summed E-state index contributed by atoms with van der Waals surface area (Å²) in [6.45, 7) is 1.37. The number of benzene rings is 1. The normalized spacial score (nSPS) is 19.0. The summed E-state index contributed by atoms with van der Waals surface area (Å²) in [7, 11) is -3.28. The van der Waals surface area contributed by atoms with Crippen LogP contribution in [0.25, 0.3) is 0 Å². The van der Waals surface area contributed by atoms with Crippen molar-refractivity contribution >= 4 is 9.84 Å². The molecule has 0 amide bonds. The molecule has 2 heterocycles. The summed E-state index contributed by atoms with van der Waals surface area (Å²) in [5, 5.41) is 6.99. The topological polar surface area (TPSA) is 84.9 Å². The van der Waals surface area contributed by atoms with E-state index in [1.54, 1.807) is 30.3 Å². The fraction of sp³-hybridized carbons (Fsp3) is 0.429. The lowest BCUT2D eigenvalue weighted by molar-refractivity contribution is 0.193. The number of nitrogens with zero attached hydrogens (tertiary/aromatic N) is 2. The number of nitrogens with one attached hydrogen (secondary N) is 1. The van der Waals surface area contributed by atoms with Gasteiger partial charge >= 0.3 is 0 Å². The molecule has 0 radical (unpaired) electrons. The van der Waals surface area contributed by atoms with Gasteiger partial charge < -0.3 is 4.74 Å². The molecule has 1 aliphatic heterocycles. The van der Waals surface area contributed by atoms with Gasteiger partial charge in [0.1, 0.15) is 5.82 Å². The number of H-pyrrole nitrogens is 1. The number of ether oxygens (including phenoxy) is 1. The number of hydrogen-bond donors (Lipinski definition) is 1. The van der Waals surface area contributed by atoms with E-state index >= 15 is 0 Å². The Kier molecular flexibility index (Phi) is 4.03. The summed E-state index contributed by atoms with van der Waals surface area (Å²) in [5.41, 5.74) is 0. The third kappa shape index (κ3) is 3.30. The molecular formula is C14H17N3O3S. The van der Waals surface area contributed by atoms with Gasteiger partial charge in [-0.3, -0.25) is 5.10 Å². The van der Waals surface area contributed by atoms with Gasteiger partial charge in [0.25, 0.3) is 0 Å². The molecule has 1 aromatic carbocycles. The monoisotopic (exact) mass is 307 g/mol. The fourth-order valence-electron chi connectivity index (χ4n) is 2.32. The molecule has 21 heavy (non-hydrogen) atoms.